The Morgan fingerprint density at radius 3 is 2.58 bits per heavy atom. The molecule has 3 heteroatoms. The van der Waals surface area contributed by atoms with Crippen LogP contribution in [0, 0.1) is 5.92 Å². The van der Waals surface area contributed by atoms with Gasteiger partial charge >= 0.3 is 5.97 Å². The third-order valence-electron chi connectivity index (χ3n) is 5.69. The van der Waals surface area contributed by atoms with Gasteiger partial charge in [0.05, 0.1) is 12.0 Å². The number of esters is 1. The van der Waals surface area contributed by atoms with E-state index in [1.165, 1.54) is 5.57 Å². The maximum atomic E-state index is 11.7. The van der Waals surface area contributed by atoms with E-state index in [1.807, 2.05) is 0 Å². The molecular weight excluding hydrogens is 300 g/mol. The van der Waals surface area contributed by atoms with Crippen molar-refractivity contribution in [2.75, 3.05) is 0 Å². The van der Waals surface area contributed by atoms with Gasteiger partial charge in [0.1, 0.15) is 11.7 Å². The van der Waals surface area contributed by atoms with Crippen molar-refractivity contribution in [3.8, 4) is 0 Å². The lowest BCUT2D eigenvalue weighted by atomic mass is 9.83. The minimum atomic E-state index is -0.407. The van der Waals surface area contributed by atoms with Crippen LogP contribution in [0.5, 0.6) is 0 Å². The summed E-state index contributed by atoms with van der Waals surface area (Å²) in [6, 6.07) is 0. The molecule has 0 N–H and O–H groups in total. The van der Waals surface area contributed by atoms with E-state index in [0.717, 1.165) is 38.5 Å². The van der Waals surface area contributed by atoms with E-state index < -0.39 is 5.60 Å². The molecule has 0 radical (unpaired) electrons. The zero-order chi connectivity index (χ0) is 17.8. The summed E-state index contributed by atoms with van der Waals surface area (Å²) < 4.78 is 12.1. The molecule has 0 amide bonds. The number of rotatable bonds is 8. The molecule has 4 atom stereocenters. The van der Waals surface area contributed by atoms with Crippen LogP contribution >= 0.6 is 0 Å². The Balaban J connectivity index is 2.14. The highest BCUT2D eigenvalue weighted by atomic mass is 16.6. The molecule has 2 fully saturated rings. The maximum absolute atomic E-state index is 11.7. The van der Waals surface area contributed by atoms with Gasteiger partial charge in [-0.2, -0.15) is 0 Å². The van der Waals surface area contributed by atoms with Gasteiger partial charge in [-0.15, -0.1) is 0 Å². The second-order valence-electron chi connectivity index (χ2n) is 7.50. The molecule has 0 aromatic carbocycles. The van der Waals surface area contributed by atoms with Crippen LogP contribution in [0.25, 0.3) is 0 Å². The third kappa shape index (κ3) is 3.93. The Morgan fingerprint density at radius 2 is 2.04 bits per heavy atom. The number of fused-ring (bicyclic) bond motifs is 1. The highest BCUT2D eigenvalue weighted by Gasteiger charge is 2.60. The van der Waals surface area contributed by atoms with Gasteiger partial charge in [-0.1, -0.05) is 51.5 Å². The van der Waals surface area contributed by atoms with Gasteiger partial charge in [-0.05, 0) is 44.9 Å². The fraction of sp³-hybridized carbons (Fsp3) is 0.762. The van der Waals surface area contributed by atoms with Gasteiger partial charge in [-0.25, -0.2) is 0 Å². The van der Waals surface area contributed by atoms with Crippen molar-refractivity contribution in [2.24, 2.45) is 5.92 Å². The van der Waals surface area contributed by atoms with Crippen LogP contribution in [-0.4, -0.2) is 23.3 Å². The Kier molecular flexibility index (Phi) is 6.30. The number of hydrogen-bond donors (Lipinski definition) is 0. The number of carbonyl (C=O) groups is 1. The van der Waals surface area contributed by atoms with E-state index in [2.05, 4.69) is 52.8 Å². The Bertz CT molecular complexity index is 507. The molecule has 0 spiro atoms. The van der Waals surface area contributed by atoms with E-state index in [4.69, 9.17) is 9.47 Å². The lowest BCUT2D eigenvalue weighted by Gasteiger charge is -2.28. The molecule has 3 nitrogen and oxygen atoms in total. The van der Waals surface area contributed by atoms with Crippen LogP contribution in [0.3, 0.4) is 0 Å². The summed E-state index contributed by atoms with van der Waals surface area (Å²) in [5.74, 6) is 0.483. The van der Waals surface area contributed by atoms with E-state index in [1.54, 1.807) is 0 Å². The SMILES string of the molecule is CC/C=C/C(CC)C/C(C)=C/[C@@]1(CC)C[C@]2(CC)OC(=O)C[C@@H]2O1. The molecular formula is C21H34O3. The predicted molar refractivity (Wildman–Crippen MR) is 97.8 cm³/mol. The molecule has 2 rings (SSSR count). The van der Waals surface area contributed by atoms with Crippen molar-refractivity contribution in [3.63, 3.8) is 0 Å². The van der Waals surface area contributed by atoms with E-state index in [-0.39, 0.29) is 17.7 Å². The van der Waals surface area contributed by atoms with E-state index >= 15 is 0 Å². The average molecular weight is 335 g/mol. The minimum absolute atomic E-state index is 0.0824. The Hall–Kier alpha value is -1.09. The first-order valence-corrected chi connectivity index (χ1v) is 9.67. The van der Waals surface area contributed by atoms with Crippen molar-refractivity contribution < 1.29 is 14.3 Å². The average Bonchev–Trinajstić information content (AvgIpc) is 3.01. The van der Waals surface area contributed by atoms with Crippen molar-refractivity contribution in [1.82, 2.24) is 0 Å². The van der Waals surface area contributed by atoms with Gasteiger partial charge < -0.3 is 9.47 Å². The maximum Gasteiger partial charge on any atom is 0.309 e. The summed E-state index contributed by atoms with van der Waals surface area (Å²) in [4.78, 5) is 11.7. The normalized spacial score (nSPS) is 34.6. The van der Waals surface area contributed by atoms with Crippen LogP contribution in [0.15, 0.2) is 23.8 Å². The summed E-state index contributed by atoms with van der Waals surface area (Å²) >= 11 is 0. The number of hydrogen-bond acceptors (Lipinski definition) is 3. The Labute approximate surface area is 147 Å². The van der Waals surface area contributed by atoms with E-state index in [0.29, 0.717) is 12.3 Å². The highest BCUT2D eigenvalue weighted by molar-refractivity contribution is 5.73. The highest BCUT2D eigenvalue weighted by Crippen LogP contribution is 2.50. The molecule has 136 valence electrons. The van der Waals surface area contributed by atoms with Gasteiger partial charge in [0.15, 0.2) is 0 Å². The largest absolute Gasteiger partial charge is 0.456 e. The zero-order valence-corrected chi connectivity index (χ0v) is 16.1. The van der Waals surface area contributed by atoms with Gasteiger partial charge in [-0.3, -0.25) is 4.79 Å². The predicted octanol–water partition coefficient (Wildman–Crippen LogP) is 5.35. The lowest BCUT2D eigenvalue weighted by molar-refractivity contribution is -0.149. The topological polar surface area (TPSA) is 35.5 Å². The standard InChI is InChI=1S/C21H34O3/c1-6-10-11-17(7-2)12-16(5)14-20(8-3)15-21(9-4)18(23-20)13-19(22)24-21/h10-11,14,17-18H,6-9,12-13,15H2,1-5H3/b11-10+,16-14+/t17?,18-,20-,21-/m0/s1. The number of carbonyl (C=O) groups excluding carboxylic acids is 1. The second kappa shape index (κ2) is 7.86. The van der Waals surface area contributed by atoms with Crippen LogP contribution < -0.4 is 0 Å². The quantitative estimate of drug-likeness (QED) is 0.443. The smallest absolute Gasteiger partial charge is 0.309 e. The van der Waals surface area contributed by atoms with Crippen LogP contribution in [0.4, 0.5) is 0 Å². The fourth-order valence-electron chi connectivity index (χ4n) is 4.22. The third-order valence-corrected chi connectivity index (χ3v) is 5.69. The van der Waals surface area contributed by atoms with Crippen LogP contribution in [0.2, 0.25) is 0 Å². The molecule has 2 heterocycles. The molecule has 2 aliphatic heterocycles. The van der Waals surface area contributed by atoms with Gasteiger partial charge in [0.2, 0.25) is 0 Å². The first-order chi connectivity index (χ1) is 11.4. The molecule has 0 aliphatic carbocycles. The number of allylic oxidation sites excluding steroid dienone is 3. The van der Waals surface area contributed by atoms with Crippen LogP contribution in [-0.2, 0) is 14.3 Å². The Morgan fingerprint density at radius 1 is 1.29 bits per heavy atom. The molecule has 0 saturated carbocycles. The van der Waals surface area contributed by atoms with E-state index in [9.17, 15) is 4.79 Å². The molecule has 2 aliphatic rings. The van der Waals surface area contributed by atoms with Crippen molar-refractivity contribution in [3.05, 3.63) is 23.8 Å². The molecule has 24 heavy (non-hydrogen) atoms. The summed E-state index contributed by atoms with van der Waals surface area (Å²) in [7, 11) is 0. The molecule has 0 bridgehead atoms. The summed E-state index contributed by atoms with van der Waals surface area (Å²) in [5.41, 5.74) is 0.691. The molecule has 2 saturated heterocycles. The molecule has 1 unspecified atom stereocenters. The molecule has 0 aromatic rings. The summed E-state index contributed by atoms with van der Waals surface area (Å²) in [6.07, 6.45) is 13.1. The zero-order valence-electron chi connectivity index (χ0n) is 16.1. The first kappa shape index (κ1) is 19.2. The first-order valence-electron chi connectivity index (χ1n) is 9.67. The number of ether oxygens (including phenoxy) is 2. The molecule has 0 aromatic heterocycles. The second-order valence-corrected chi connectivity index (χ2v) is 7.50. The summed E-state index contributed by atoms with van der Waals surface area (Å²) in [6.45, 7) is 10.9. The van der Waals surface area contributed by atoms with Crippen molar-refractivity contribution >= 4 is 5.97 Å². The van der Waals surface area contributed by atoms with Crippen molar-refractivity contribution in [2.45, 2.75) is 96.9 Å². The minimum Gasteiger partial charge on any atom is -0.456 e. The van der Waals surface area contributed by atoms with Gasteiger partial charge in [0, 0.05) is 6.42 Å². The lowest BCUT2D eigenvalue weighted by Crippen LogP contribution is -2.35. The summed E-state index contributed by atoms with van der Waals surface area (Å²) in [5, 5.41) is 0. The fourth-order valence-corrected chi connectivity index (χ4v) is 4.22. The van der Waals surface area contributed by atoms with Crippen molar-refractivity contribution in [1.29, 1.82) is 0 Å². The van der Waals surface area contributed by atoms with Crippen LogP contribution in [0.1, 0.15) is 79.6 Å². The van der Waals surface area contributed by atoms with Gasteiger partial charge in [0.25, 0.3) is 0 Å². The monoisotopic (exact) mass is 334 g/mol.